The molecule has 0 aliphatic carbocycles. The Bertz CT molecular complexity index is 822. The van der Waals surface area contributed by atoms with E-state index in [-0.39, 0.29) is 0 Å². The molecule has 0 fully saturated rings. The molecule has 5 nitrogen and oxygen atoms in total. The van der Waals surface area contributed by atoms with E-state index < -0.39 is 0 Å². The van der Waals surface area contributed by atoms with Crippen LogP contribution in [-0.2, 0) is 13.1 Å². The average molecular weight is 321 g/mol. The lowest BCUT2D eigenvalue weighted by atomic mass is 10.2. The number of nitrogens with zero attached hydrogens (tertiary/aromatic N) is 3. The maximum Gasteiger partial charge on any atom is 0.163 e. The van der Waals surface area contributed by atoms with Crippen molar-refractivity contribution in [1.29, 1.82) is 0 Å². The van der Waals surface area contributed by atoms with Gasteiger partial charge in [-0.05, 0) is 29.8 Å². The van der Waals surface area contributed by atoms with Gasteiger partial charge in [0.25, 0.3) is 0 Å². The number of rotatable bonds is 4. The average Bonchev–Trinajstić information content (AvgIpc) is 2.61. The monoisotopic (exact) mass is 321 g/mol. The molecular weight excluding hydrogens is 306 g/mol. The lowest BCUT2D eigenvalue weighted by Crippen LogP contribution is -2.14. The van der Waals surface area contributed by atoms with Crippen molar-refractivity contribution in [3.63, 3.8) is 0 Å². The van der Waals surface area contributed by atoms with Crippen molar-refractivity contribution in [2.45, 2.75) is 23.0 Å². The van der Waals surface area contributed by atoms with E-state index in [2.05, 4.69) is 43.8 Å². The second-order valence-electron chi connectivity index (χ2n) is 5.19. The summed E-state index contributed by atoms with van der Waals surface area (Å²) in [5.74, 6) is 0.823. The molecule has 0 unspecified atom stereocenters. The lowest BCUT2D eigenvalue weighted by molar-refractivity contribution is 0.679. The van der Waals surface area contributed by atoms with Crippen molar-refractivity contribution in [3.8, 4) is 0 Å². The van der Waals surface area contributed by atoms with E-state index in [9.17, 15) is 0 Å². The van der Waals surface area contributed by atoms with Gasteiger partial charge in [-0.1, -0.05) is 23.9 Å². The first-order valence-corrected chi connectivity index (χ1v) is 8.19. The first-order valence-electron chi connectivity index (χ1n) is 7.38. The van der Waals surface area contributed by atoms with E-state index in [0.29, 0.717) is 0 Å². The molecule has 0 spiro atoms. The fraction of sp³-hybridized carbons (Fsp3) is 0.118. The number of hydrogen-bond acceptors (Lipinski definition) is 6. The van der Waals surface area contributed by atoms with E-state index in [0.717, 1.165) is 35.3 Å². The van der Waals surface area contributed by atoms with E-state index >= 15 is 0 Å². The summed E-state index contributed by atoms with van der Waals surface area (Å²) in [6, 6.07) is 12.4. The molecule has 23 heavy (non-hydrogen) atoms. The van der Waals surface area contributed by atoms with Gasteiger partial charge in [0.15, 0.2) is 5.82 Å². The van der Waals surface area contributed by atoms with Crippen LogP contribution >= 0.6 is 11.8 Å². The predicted molar refractivity (Wildman–Crippen MR) is 90.7 cm³/mol. The van der Waals surface area contributed by atoms with Crippen LogP contribution in [0.3, 0.4) is 0 Å². The number of nitrogens with one attached hydrogen (secondary N) is 2. The zero-order valence-corrected chi connectivity index (χ0v) is 13.2. The number of hydrogen-bond donors (Lipinski definition) is 2. The van der Waals surface area contributed by atoms with Crippen LogP contribution in [0.4, 0.5) is 11.5 Å². The van der Waals surface area contributed by atoms with Gasteiger partial charge in [-0.15, -0.1) is 0 Å². The molecule has 4 rings (SSSR count). The highest BCUT2D eigenvalue weighted by atomic mass is 32.2. The van der Waals surface area contributed by atoms with Crippen molar-refractivity contribution in [2.75, 3.05) is 5.32 Å². The molecular formula is C17H15N5S. The Kier molecular flexibility index (Phi) is 3.92. The summed E-state index contributed by atoms with van der Waals surface area (Å²) >= 11 is 1.65. The first-order chi connectivity index (χ1) is 11.4. The predicted octanol–water partition coefficient (Wildman–Crippen LogP) is 3.37. The van der Waals surface area contributed by atoms with Crippen LogP contribution in [0.2, 0.25) is 0 Å². The van der Waals surface area contributed by atoms with Gasteiger partial charge >= 0.3 is 0 Å². The van der Waals surface area contributed by atoms with Gasteiger partial charge in [0, 0.05) is 36.6 Å². The van der Waals surface area contributed by atoms with Gasteiger partial charge in [0.05, 0.1) is 11.4 Å². The van der Waals surface area contributed by atoms with E-state index in [1.54, 1.807) is 24.2 Å². The SMILES string of the molecule is c1ccc(CNCc2ccc3c(c2)Nc2nccnc2S3)nc1. The summed E-state index contributed by atoms with van der Waals surface area (Å²) in [4.78, 5) is 14.2. The van der Waals surface area contributed by atoms with Gasteiger partial charge < -0.3 is 10.6 Å². The highest BCUT2D eigenvalue weighted by molar-refractivity contribution is 7.99. The van der Waals surface area contributed by atoms with Crippen molar-refractivity contribution < 1.29 is 0 Å². The molecule has 0 saturated carbocycles. The first kappa shape index (κ1) is 14.2. The maximum atomic E-state index is 4.34. The molecule has 6 heteroatoms. The normalized spacial score (nSPS) is 12.2. The molecule has 2 N–H and O–H groups in total. The summed E-state index contributed by atoms with van der Waals surface area (Å²) in [5, 5.41) is 7.69. The van der Waals surface area contributed by atoms with E-state index in [1.807, 2.05) is 24.4 Å². The molecule has 3 heterocycles. The van der Waals surface area contributed by atoms with Crippen LogP contribution < -0.4 is 10.6 Å². The molecule has 1 aliphatic rings. The molecule has 0 atom stereocenters. The number of aromatic nitrogens is 3. The molecule has 0 amide bonds. The van der Waals surface area contributed by atoms with Crippen molar-refractivity contribution in [2.24, 2.45) is 0 Å². The van der Waals surface area contributed by atoms with Crippen LogP contribution in [0.5, 0.6) is 0 Å². The second kappa shape index (κ2) is 6.36. The van der Waals surface area contributed by atoms with E-state index in [1.165, 1.54) is 10.5 Å². The Morgan fingerprint density at radius 2 is 1.91 bits per heavy atom. The Hall–Kier alpha value is -2.44. The highest BCUT2D eigenvalue weighted by Gasteiger charge is 2.17. The molecule has 114 valence electrons. The van der Waals surface area contributed by atoms with Crippen LogP contribution in [0.1, 0.15) is 11.3 Å². The minimum Gasteiger partial charge on any atom is -0.337 e. The fourth-order valence-corrected chi connectivity index (χ4v) is 3.31. The van der Waals surface area contributed by atoms with Gasteiger partial charge in [0.1, 0.15) is 5.03 Å². The molecule has 0 bridgehead atoms. The third-order valence-electron chi connectivity index (χ3n) is 3.53. The molecule has 0 saturated heterocycles. The third-order valence-corrected chi connectivity index (χ3v) is 4.60. The molecule has 1 aliphatic heterocycles. The second-order valence-corrected chi connectivity index (χ2v) is 6.22. The van der Waals surface area contributed by atoms with Crippen LogP contribution in [0.25, 0.3) is 0 Å². The van der Waals surface area contributed by atoms with E-state index in [4.69, 9.17) is 0 Å². The number of anilines is 2. The van der Waals surface area contributed by atoms with Crippen molar-refractivity contribution >= 4 is 23.3 Å². The summed E-state index contributed by atoms with van der Waals surface area (Å²) in [6.07, 6.45) is 5.24. The summed E-state index contributed by atoms with van der Waals surface area (Å²) in [7, 11) is 0. The topological polar surface area (TPSA) is 62.7 Å². The number of fused-ring (bicyclic) bond motifs is 2. The largest absolute Gasteiger partial charge is 0.337 e. The Balaban J connectivity index is 1.44. The summed E-state index contributed by atoms with van der Waals surface area (Å²) < 4.78 is 0. The van der Waals surface area contributed by atoms with Crippen LogP contribution in [-0.4, -0.2) is 15.0 Å². The summed E-state index contributed by atoms with van der Waals surface area (Å²) in [6.45, 7) is 1.55. The Morgan fingerprint density at radius 1 is 0.957 bits per heavy atom. The maximum absolute atomic E-state index is 4.34. The minimum absolute atomic E-state index is 0.758. The number of pyridine rings is 1. The Labute approximate surface area is 138 Å². The summed E-state index contributed by atoms with van der Waals surface area (Å²) in [5.41, 5.74) is 3.35. The molecule has 2 aromatic heterocycles. The molecule has 3 aromatic rings. The third kappa shape index (κ3) is 3.18. The van der Waals surface area contributed by atoms with Crippen molar-refractivity contribution in [3.05, 3.63) is 66.2 Å². The molecule has 1 aromatic carbocycles. The lowest BCUT2D eigenvalue weighted by Gasteiger charge is -2.19. The van der Waals surface area contributed by atoms with Gasteiger partial charge in [-0.3, -0.25) is 4.98 Å². The highest BCUT2D eigenvalue weighted by Crippen LogP contribution is 2.41. The zero-order valence-electron chi connectivity index (χ0n) is 12.4. The minimum atomic E-state index is 0.758. The smallest absolute Gasteiger partial charge is 0.163 e. The molecule has 0 radical (unpaired) electrons. The quantitative estimate of drug-likeness (QED) is 0.601. The van der Waals surface area contributed by atoms with Crippen LogP contribution in [0.15, 0.2) is 64.9 Å². The van der Waals surface area contributed by atoms with Gasteiger partial charge in [-0.2, -0.15) is 0 Å². The number of benzene rings is 1. The van der Waals surface area contributed by atoms with Gasteiger partial charge in [-0.25, -0.2) is 9.97 Å². The standard InChI is InChI=1S/C17H15N5S/c1-2-6-19-13(3-1)11-18-10-12-4-5-15-14(9-12)22-16-17(23-15)21-8-7-20-16/h1-9,18H,10-11H2,(H,20,22). The van der Waals surface area contributed by atoms with Crippen molar-refractivity contribution in [1.82, 2.24) is 20.3 Å². The van der Waals surface area contributed by atoms with Crippen LogP contribution in [0, 0.1) is 0 Å². The zero-order chi connectivity index (χ0) is 15.5. The fourth-order valence-electron chi connectivity index (χ4n) is 2.43. The Morgan fingerprint density at radius 3 is 2.83 bits per heavy atom. The van der Waals surface area contributed by atoms with Gasteiger partial charge in [0.2, 0.25) is 0 Å².